The number of hydrogen-bond donors (Lipinski definition) is 0. The number of pyridine rings is 3. The monoisotopic (exact) mass is 1140 g/mol. The molecule has 0 saturated carbocycles. The summed E-state index contributed by atoms with van der Waals surface area (Å²) in [6.45, 7) is 0. The van der Waals surface area contributed by atoms with Crippen molar-refractivity contribution in [1.82, 2.24) is 15.0 Å². The molecule has 4 heteroatoms. The molecule has 9 aromatic carbocycles. The predicted molar refractivity (Wildman–Crippen MR) is 305 cm³/mol. The maximum atomic E-state index is 5.39. The largest absolute Gasteiger partial charge is 3.00 e. The summed E-state index contributed by atoms with van der Waals surface area (Å²) in [5.74, 6) is 0. The van der Waals surface area contributed by atoms with Gasteiger partial charge in [0.25, 0.3) is 0 Å². The molecule has 0 fully saturated rings. The molecule has 0 N–H and O–H groups in total. The Hall–Kier alpha value is -8.66. The standard InChI is InChI=1S/C71H50N3.Ir/c1-3-15-54(16-4-1)55-37-39-56(40-38-55)67-48-61(70-49-60-19-7-8-21-64(60)71(74-70)59-17-5-2-6-18-59)41-42-66(67)65-22-10-9-20-63(65)62-46-52(27-25-50-29-33-57(34-30-50)68-23-11-13-43-72-68)45-53(47-62)28-26-51-31-35-58(36-32-51)69-24-12-14-44-73-69;/h1-24,29-33,35,37-40,42-49H,25-28H2;/q-3;+3. The van der Waals surface area contributed by atoms with Crippen molar-refractivity contribution in [2.24, 2.45) is 0 Å². The van der Waals surface area contributed by atoms with E-state index in [2.05, 4.69) is 234 Å². The number of aryl methyl sites for hydroxylation is 4. The molecule has 0 atom stereocenters. The Morgan fingerprint density at radius 3 is 1.43 bits per heavy atom. The van der Waals surface area contributed by atoms with E-state index >= 15 is 0 Å². The number of rotatable bonds is 14. The summed E-state index contributed by atoms with van der Waals surface area (Å²) in [6, 6.07) is 97.1. The number of nitrogens with zero attached hydrogens (tertiary/aromatic N) is 3. The molecule has 3 nitrogen and oxygen atoms in total. The molecule has 0 radical (unpaired) electrons. The Morgan fingerprint density at radius 1 is 0.307 bits per heavy atom. The van der Waals surface area contributed by atoms with Gasteiger partial charge in [-0.25, -0.2) is 0 Å². The Labute approximate surface area is 453 Å². The van der Waals surface area contributed by atoms with Crippen molar-refractivity contribution in [3.05, 3.63) is 296 Å². The predicted octanol–water partition coefficient (Wildman–Crippen LogP) is 17.3. The SMILES string of the molecule is [Ir+3].[c-]1cc(CCc2cc(CCc3c[c-]c(-c4ccccn4)cc3)cc(-c3ccccc3-c3c[c-]c(-c4cc5ccccc5c(-c5ccccc5)n4)cc3-c3ccc(-c4ccccc4)cc3)c2)ccc1-c1ccccn1. The third-order valence-electron chi connectivity index (χ3n) is 13.9. The molecule has 0 spiro atoms. The van der Waals surface area contributed by atoms with Crippen LogP contribution < -0.4 is 0 Å². The molecule has 0 aliphatic rings. The molecule has 0 unspecified atom stereocenters. The normalized spacial score (nSPS) is 11.0. The van der Waals surface area contributed by atoms with E-state index in [4.69, 9.17) is 4.98 Å². The van der Waals surface area contributed by atoms with Gasteiger partial charge in [-0.3, -0.25) is 4.98 Å². The Bertz CT molecular complexity index is 3740. The maximum Gasteiger partial charge on any atom is 3.00 e. The first-order valence-corrected chi connectivity index (χ1v) is 25.4. The summed E-state index contributed by atoms with van der Waals surface area (Å²) in [7, 11) is 0. The summed E-state index contributed by atoms with van der Waals surface area (Å²) in [6.07, 6.45) is 7.22. The van der Waals surface area contributed by atoms with Crippen molar-refractivity contribution in [2.45, 2.75) is 25.7 Å². The smallest absolute Gasteiger partial charge is 0.305 e. The molecular formula is C71H50IrN3. The van der Waals surface area contributed by atoms with Gasteiger partial charge in [0.15, 0.2) is 0 Å². The molecule has 0 amide bonds. The van der Waals surface area contributed by atoms with Crippen LogP contribution in [-0.4, -0.2) is 15.0 Å². The molecule has 0 aliphatic heterocycles. The first-order chi connectivity index (χ1) is 36.6. The van der Waals surface area contributed by atoms with Crippen LogP contribution >= 0.6 is 0 Å². The van der Waals surface area contributed by atoms with Crippen LogP contribution in [0.5, 0.6) is 0 Å². The zero-order valence-electron chi connectivity index (χ0n) is 41.3. The molecule has 0 bridgehead atoms. The van der Waals surface area contributed by atoms with Crippen LogP contribution in [0.4, 0.5) is 0 Å². The molecule has 358 valence electrons. The van der Waals surface area contributed by atoms with Gasteiger partial charge < -0.3 is 9.97 Å². The number of fused-ring (bicyclic) bond motifs is 1. The van der Waals surface area contributed by atoms with Crippen LogP contribution in [0.3, 0.4) is 0 Å². The van der Waals surface area contributed by atoms with Crippen LogP contribution in [0.2, 0.25) is 0 Å². The Morgan fingerprint density at radius 2 is 0.827 bits per heavy atom. The molecule has 12 aromatic rings. The van der Waals surface area contributed by atoms with Crippen molar-refractivity contribution in [3.63, 3.8) is 0 Å². The summed E-state index contributed by atoms with van der Waals surface area (Å²) < 4.78 is 0. The average Bonchev–Trinajstić information content (AvgIpc) is 3.49. The number of aromatic nitrogens is 3. The average molecular weight is 1140 g/mol. The van der Waals surface area contributed by atoms with E-state index in [1.54, 1.807) is 0 Å². The minimum atomic E-state index is 0. The van der Waals surface area contributed by atoms with Gasteiger partial charge in [0.05, 0.1) is 5.69 Å². The van der Waals surface area contributed by atoms with Gasteiger partial charge in [0.2, 0.25) is 0 Å². The number of benzene rings is 9. The van der Waals surface area contributed by atoms with Crippen LogP contribution in [0.25, 0.3) is 100 Å². The molecule has 0 saturated heterocycles. The van der Waals surface area contributed by atoms with Crippen LogP contribution in [0, 0.1) is 18.2 Å². The minimum Gasteiger partial charge on any atom is -0.305 e. The van der Waals surface area contributed by atoms with Gasteiger partial charge in [0.1, 0.15) is 0 Å². The second kappa shape index (κ2) is 22.6. The second-order valence-corrected chi connectivity index (χ2v) is 18.8. The summed E-state index contributed by atoms with van der Waals surface area (Å²) in [5, 5.41) is 2.27. The molecule has 12 rings (SSSR count). The third kappa shape index (κ3) is 11.0. The molecular weight excluding hydrogens is 1090 g/mol. The van der Waals surface area contributed by atoms with Crippen molar-refractivity contribution in [3.8, 4) is 89.5 Å². The minimum absolute atomic E-state index is 0. The molecule has 0 aliphatic carbocycles. The summed E-state index contributed by atoms with van der Waals surface area (Å²) in [4.78, 5) is 14.5. The fourth-order valence-corrected chi connectivity index (χ4v) is 10.1. The van der Waals surface area contributed by atoms with E-state index in [1.165, 1.54) is 44.5 Å². The van der Waals surface area contributed by atoms with Crippen molar-refractivity contribution in [2.75, 3.05) is 0 Å². The Balaban J connectivity index is 0.00000602. The maximum absolute atomic E-state index is 5.39. The summed E-state index contributed by atoms with van der Waals surface area (Å²) >= 11 is 0. The van der Waals surface area contributed by atoms with Crippen molar-refractivity contribution < 1.29 is 20.1 Å². The number of hydrogen-bond acceptors (Lipinski definition) is 3. The third-order valence-corrected chi connectivity index (χ3v) is 13.9. The molecule has 75 heavy (non-hydrogen) atoms. The second-order valence-electron chi connectivity index (χ2n) is 18.8. The van der Waals surface area contributed by atoms with Gasteiger partial charge in [-0.05, 0) is 91.9 Å². The molecule has 3 aromatic heterocycles. The topological polar surface area (TPSA) is 38.7 Å². The van der Waals surface area contributed by atoms with Gasteiger partial charge in [-0.1, -0.05) is 212 Å². The van der Waals surface area contributed by atoms with Crippen LogP contribution in [0.15, 0.2) is 255 Å². The first-order valence-electron chi connectivity index (χ1n) is 25.4. The van der Waals surface area contributed by atoms with E-state index in [-0.39, 0.29) is 20.1 Å². The van der Waals surface area contributed by atoms with Gasteiger partial charge in [0, 0.05) is 17.8 Å². The van der Waals surface area contributed by atoms with Crippen LogP contribution in [0.1, 0.15) is 22.3 Å². The fourth-order valence-electron chi connectivity index (χ4n) is 10.1. The van der Waals surface area contributed by atoms with E-state index in [1.807, 2.05) is 48.8 Å². The quantitative estimate of drug-likeness (QED) is 0.102. The van der Waals surface area contributed by atoms with E-state index < -0.39 is 0 Å². The van der Waals surface area contributed by atoms with E-state index in [9.17, 15) is 0 Å². The van der Waals surface area contributed by atoms with Gasteiger partial charge in [-0.15, -0.1) is 94.5 Å². The zero-order valence-corrected chi connectivity index (χ0v) is 43.6. The van der Waals surface area contributed by atoms with Crippen molar-refractivity contribution in [1.29, 1.82) is 0 Å². The van der Waals surface area contributed by atoms with E-state index in [0.717, 1.165) is 104 Å². The fraction of sp³-hybridized carbons (Fsp3) is 0.0563. The van der Waals surface area contributed by atoms with E-state index in [0.29, 0.717) is 0 Å². The van der Waals surface area contributed by atoms with Gasteiger partial charge in [-0.2, -0.15) is 0 Å². The summed E-state index contributed by atoms with van der Waals surface area (Å²) in [5.41, 5.74) is 22.1. The van der Waals surface area contributed by atoms with Crippen LogP contribution in [-0.2, 0) is 45.8 Å². The van der Waals surface area contributed by atoms with Crippen molar-refractivity contribution >= 4 is 10.8 Å². The molecule has 3 heterocycles. The van der Waals surface area contributed by atoms with Gasteiger partial charge >= 0.3 is 20.1 Å². The zero-order chi connectivity index (χ0) is 49.5. The first kappa shape index (κ1) is 48.6. The Kier molecular flexibility index (Phi) is 14.7.